The van der Waals surface area contributed by atoms with E-state index in [0.717, 1.165) is 130 Å². The average molecular weight is 774 g/mol. The highest BCUT2D eigenvalue weighted by Crippen LogP contribution is 2.55. The first-order valence-corrected chi connectivity index (χ1v) is 24.9. The van der Waals surface area contributed by atoms with E-state index in [4.69, 9.17) is 0 Å². The fourth-order valence-corrected chi connectivity index (χ4v) is 13.3. The summed E-state index contributed by atoms with van der Waals surface area (Å²) < 4.78 is 0. The Kier molecular flexibility index (Phi) is 23.1. The highest BCUT2D eigenvalue weighted by atomic mass is 14.5. The second-order valence-electron chi connectivity index (χ2n) is 24.3. The number of rotatable bonds is 9. The zero-order chi connectivity index (χ0) is 43.8. The standard InChI is InChI=1S/C33H66.C22H46/c1-19-17-18-20(2)22(4)24(6)27(9)29(11)31(13)33(15,16)32(14)30(12)28(10)26(8)25(7)23(5)21(19)3;1-14(2)20(15(3)4)13-22(18(9)10,19(11)12)21(16(5)6)17(7)8/h19-32H,17-18H2,1-16H3;14-21H,13H2,1-12H3. The van der Waals surface area contributed by atoms with Crippen LogP contribution < -0.4 is 0 Å². The molecule has 1 aliphatic carbocycles. The Balaban J connectivity index is 0.00000115. The predicted octanol–water partition coefficient (Wildman–Crippen LogP) is 18.2. The van der Waals surface area contributed by atoms with Crippen molar-refractivity contribution in [1.82, 2.24) is 0 Å². The van der Waals surface area contributed by atoms with E-state index < -0.39 is 0 Å². The van der Waals surface area contributed by atoms with Crippen molar-refractivity contribution in [2.45, 2.75) is 213 Å². The maximum atomic E-state index is 2.58. The first-order chi connectivity index (χ1) is 24.9. The Labute approximate surface area is 352 Å². The Hall–Kier alpha value is 0. The quantitative estimate of drug-likeness (QED) is 0.219. The van der Waals surface area contributed by atoms with Crippen LogP contribution in [0.3, 0.4) is 0 Å². The van der Waals surface area contributed by atoms with Crippen LogP contribution in [0.25, 0.3) is 0 Å². The fraction of sp³-hybridized carbons (Fsp3) is 1.00. The van der Waals surface area contributed by atoms with Crippen LogP contribution in [0.5, 0.6) is 0 Å². The van der Waals surface area contributed by atoms with Gasteiger partial charge in [0.15, 0.2) is 0 Å². The van der Waals surface area contributed by atoms with Gasteiger partial charge in [0, 0.05) is 0 Å². The van der Waals surface area contributed by atoms with Crippen LogP contribution in [-0.4, -0.2) is 0 Å². The van der Waals surface area contributed by atoms with Gasteiger partial charge in [-0.25, -0.2) is 0 Å². The fourth-order valence-electron chi connectivity index (χ4n) is 13.3. The van der Waals surface area contributed by atoms with Crippen LogP contribution in [0.4, 0.5) is 0 Å². The Bertz CT molecular complexity index is 985. The molecule has 0 amide bonds. The molecule has 0 radical (unpaired) electrons. The molecule has 1 rings (SSSR count). The van der Waals surface area contributed by atoms with Crippen molar-refractivity contribution in [3.8, 4) is 0 Å². The van der Waals surface area contributed by atoms with Gasteiger partial charge in [0.1, 0.15) is 0 Å². The largest absolute Gasteiger partial charge is 0.0625 e. The Morgan fingerprint density at radius 3 is 0.873 bits per heavy atom. The van der Waals surface area contributed by atoms with Crippen LogP contribution >= 0.6 is 0 Å². The third-order valence-corrected chi connectivity index (χ3v) is 19.9. The van der Waals surface area contributed by atoms with Crippen molar-refractivity contribution in [1.29, 1.82) is 0 Å². The van der Waals surface area contributed by atoms with Crippen LogP contribution in [0.1, 0.15) is 213 Å². The molecule has 0 aromatic rings. The summed E-state index contributed by atoms with van der Waals surface area (Å²) in [5, 5.41) is 0. The van der Waals surface area contributed by atoms with E-state index in [1.807, 2.05) is 0 Å². The second-order valence-corrected chi connectivity index (χ2v) is 24.3. The maximum absolute atomic E-state index is 2.58. The monoisotopic (exact) mass is 773 g/mol. The lowest BCUT2D eigenvalue weighted by Gasteiger charge is -2.54. The highest BCUT2D eigenvalue weighted by Gasteiger charge is 2.48. The predicted molar refractivity (Wildman–Crippen MR) is 254 cm³/mol. The molecule has 0 heteroatoms. The summed E-state index contributed by atoms with van der Waals surface area (Å²) in [4.78, 5) is 0. The topological polar surface area (TPSA) is 0 Å². The van der Waals surface area contributed by atoms with Gasteiger partial charge >= 0.3 is 0 Å². The summed E-state index contributed by atoms with van der Waals surface area (Å²) in [6, 6.07) is 0. The van der Waals surface area contributed by atoms with Gasteiger partial charge in [0.25, 0.3) is 0 Å². The summed E-state index contributed by atoms with van der Waals surface area (Å²) >= 11 is 0. The van der Waals surface area contributed by atoms with Gasteiger partial charge in [0.2, 0.25) is 0 Å². The molecule has 1 saturated carbocycles. The third kappa shape index (κ3) is 13.5. The number of hydrogen-bond donors (Lipinski definition) is 0. The van der Waals surface area contributed by atoms with Gasteiger partial charge in [-0.05, 0) is 147 Å². The van der Waals surface area contributed by atoms with Gasteiger partial charge in [-0.1, -0.05) is 207 Å². The summed E-state index contributed by atoms with van der Waals surface area (Å²) in [5.41, 5.74) is 0.793. The van der Waals surface area contributed by atoms with Crippen molar-refractivity contribution in [3.05, 3.63) is 0 Å². The van der Waals surface area contributed by atoms with Crippen LogP contribution in [0, 0.1) is 141 Å². The molecule has 0 heterocycles. The molecule has 55 heavy (non-hydrogen) atoms. The molecular formula is C55H112. The van der Waals surface area contributed by atoms with Gasteiger partial charge in [0.05, 0.1) is 0 Å². The molecule has 332 valence electrons. The lowest BCUT2D eigenvalue weighted by atomic mass is 9.51. The van der Waals surface area contributed by atoms with E-state index >= 15 is 0 Å². The molecule has 14 unspecified atom stereocenters. The maximum Gasteiger partial charge on any atom is -0.0215 e. The number of hydrogen-bond acceptors (Lipinski definition) is 0. The normalized spacial score (nSPS) is 36.7. The molecule has 14 atom stereocenters. The van der Waals surface area contributed by atoms with Crippen LogP contribution in [-0.2, 0) is 0 Å². The summed E-state index contributed by atoms with van der Waals surface area (Å²) in [5.74, 6) is 17.0. The minimum atomic E-state index is 0.347. The molecule has 1 aliphatic rings. The van der Waals surface area contributed by atoms with Crippen LogP contribution in [0.15, 0.2) is 0 Å². The van der Waals surface area contributed by atoms with E-state index in [-0.39, 0.29) is 0 Å². The van der Waals surface area contributed by atoms with Crippen molar-refractivity contribution >= 4 is 0 Å². The van der Waals surface area contributed by atoms with Gasteiger partial charge < -0.3 is 0 Å². The lowest BCUT2D eigenvalue weighted by Crippen LogP contribution is -2.47. The van der Waals surface area contributed by atoms with E-state index in [2.05, 4.69) is 194 Å². The van der Waals surface area contributed by atoms with E-state index in [1.165, 1.54) is 19.3 Å². The summed E-state index contributed by atoms with van der Waals surface area (Å²) in [7, 11) is 0. The zero-order valence-corrected chi connectivity index (χ0v) is 43.8. The van der Waals surface area contributed by atoms with Crippen molar-refractivity contribution < 1.29 is 0 Å². The van der Waals surface area contributed by atoms with Crippen molar-refractivity contribution in [2.75, 3.05) is 0 Å². The molecule has 0 saturated heterocycles. The Morgan fingerprint density at radius 1 is 0.382 bits per heavy atom. The van der Waals surface area contributed by atoms with Gasteiger partial charge in [-0.3, -0.25) is 0 Å². The summed E-state index contributed by atoms with van der Waals surface area (Å²) in [6.45, 7) is 70.4. The molecule has 0 bridgehead atoms. The lowest BCUT2D eigenvalue weighted by molar-refractivity contribution is -0.0536. The first kappa shape index (κ1) is 55.0. The SMILES string of the molecule is CC(C)C(CC(C(C)C)(C(C)C)C(C(C)C)C(C)C)C(C)C.CC1CCC(C)C(C)C(C)C(C)C(C)C(C)C(C)(C)C(C)C(C)C(C)C(C)C(C)C(C)C1C. The molecule has 0 aliphatic heterocycles. The average Bonchev–Trinajstić information content (AvgIpc) is 3.09. The van der Waals surface area contributed by atoms with Gasteiger partial charge in [-0.2, -0.15) is 0 Å². The second kappa shape index (κ2) is 23.1. The van der Waals surface area contributed by atoms with Crippen molar-refractivity contribution in [2.24, 2.45) is 141 Å². The molecule has 0 spiro atoms. The minimum Gasteiger partial charge on any atom is -0.0625 e. The van der Waals surface area contributed by atoms with Crippen molar-refractivity contribution in [3.63, 3.8) is 0 Å². The molecule has 1 fully saturated rings. The Morgan fingerprint density at radius 2 is 0.636 bits per heavy atom. The smallest absolute Gasteiger partial charge is 0.0215 e. The summed E-state index contributed by atoms with van der Waals surface area (Å²) in [6.07, 6.45) is 4.17. The highest BCUT2D eigenvalue weighted by molar-refractivity contribution is 4.97. The molecule has 0 aromatic carbocycles. The molecule has 0 nitrogen and oxygen atoms in total. The molecule has 0 N–H and O–H groups in total. The van der Waals surface area contributed by atoms with E-state index in [9.17, 15) is 0 Å². The van der Waals surface area contributed by atoms with E-state index in [1.54, 1.807) is 0 Å². The van der Waals surface area contributed by atoms with E-state index in [0.29, 0.717) is 10.8 Å². The first-order valence-electron chi connectivity index (χ1n) is 24.9. The minimum absolute atomic E-state index is 0.347. The zero-order valence-electron chi connectivity index (χ0n) is 43.8. The van der Waals surface area contributed by atoms with Crippen LogP contribution in [0.2, 0.25) is 0 Å². The third-order valence-electron chi connectivity index (χ3n) is 19.9. The van der Waals surface area contributed by atoms with Gasteiger partial charge in [-0.15, -0.1) is 0 Å². The molecular weight excluding hydrogens is 661 g/mol. The molecule has 0 aromatic heterocycles.